The van der Waals surface area contributed by atoms with Crippen LogP contribution in [0.25, 0.3) is 11.4 Å². The van der Waals surface area contributed by atoms with E-state index in [0.29, 0.717) is 0 Å². The van der Waals surface area contributed by atoms with Gasteiger partial charge in [-0.2, -0.15) is 18.2 Å². The fourth-order valence-corrected chi connectivity index (χ4v) is 2.22. The summed E-state index contributed by atoms with van der Waals surface area (Å²) in [6.45, 7) is -0.501. The molecule has 1 fully saturated rings. The molecule has 2 aromatic rings. The van der Waals surface area contributed by atoms with Crippen LogP contribution in [0.4, 0.5) is 22.0 Å². The summed E-state index contributed by atoms with van der Waals surface area (Å²) in [5, 5.41) is 6.10. The Morgan fingerprint density at radius 2 is 2.05 bits per heavy atom. The SMILES string of the molecule is FC1(F)CNC(c2nc(-c3cccc(C(F)(F)F)c3)no2)C1. The molecule has 0 saturated carbocycles. The first-order valence-electron chi connectivity index (χ1n) is 6.37. The van der Waals surface area contributed by atoms with Gasteiger partial charge in [-0.25, -0.2) is 8.78 Å². The Labute approximate surface area is 121 Å². The minimum Gasteiger partial charge on any atom is -0.337 e. The number of nitrogens with zero attached hydrogens (tertiary/aromatic N) is 2. The van der Waals surface area contributed by atoms with Gasteiger partial charge in [0.15, 0.2) is 0 Å². The van der Waals surface area contributed by atoms with Crippen molar-refractivity contribution in [2.45, 2.75) is 24.6 Å². The van der Waals surface area contributed by atoms with Crippen molar-refractivity contribution in [3.63, 3.8) is 0 Å². The third-order valence-electron chi connectivity index (χ3n) is 3.30. The van der Waals surface area contributed by atoms with Gasteiger partial charge in [0.2, 0.25) is 11.7 Å². The third-order valence-corrected chi connectivity index (χ3v) is 3.30. The summed E-state index contributed by atoms with van der Waals surface area (Å²) in [6.07, 6.45) is -4.98. The van der Waals surface area contributed by atoms with Crippen LogP contribution in [0.1, 0.15) is 23.9 Å². The average Bonchev–Trinajstić information content (AvgIpc) is 3.04. The molecule has 4 nitrogen and oxygen atoms in total. The van der Waals surface area contributed by atoms with Gasteiger partial charge in [-0.3, -0.25) is 5.32 Å². The molecule has 22 heavy (non-hydrogen) atoms. The molecule has 1 atom stereocenters. The highest BCUT2D eigenvalue weighted by Crippen LogP contribution is 2.35. The fourth-order valence-electron chi connectivity index (χ4n) is 2.22. The lowest BCUT2D eigenvalue weighted by Crippen LogP contribution is -2.19. The van der Waals surface area contributed by atoms with Crippen molar-refractivity contribution in [3.8, 4) is 11.4 Å². The molecule has 0 radical (unpaired) electrons. The molecule has 1 unspecified atom stereocenters. The second-order valence-corrected chi connectivity index (χ2v) is 5.03. The molecule has 118 valence electrons. The highest BCUT2D eigenvalue weighted by molar-refractivity contribution is 5.55. The van der Waals surface area contributed by atoms with Crippen molar-refractivity contribution in [3.05, 3.63) is 35.7 Å². The van der Waals surface area contributed by atoms with E-state index in [2.05, 4.69) is 15.5 Å². The first-order valence-corrected chi connectivity index (χ1v) is 6.37. The number of benzene rings is 1. The van der Waals surface area contributed by atoms with Gasteiger partial charge in [-0.05, 0) is 12.1 Å². The summed E-state index contributed by atoms with van der Waals surface area (Å²) in [5.74, 6) is -3.00. The van der Waals surface area contributed by atoms with Crippen LogP contribution in [0.3, 0.4) is 0 Å². The normalized spacial score (nSPS) is 21.2. The van der Waals surface area contributed by atoms with Gasteiger partial charge in [-0.15, -0.1) is 0 Å². The molecule has 3 rings (SSSR count). The number of hydrogen-bond acceptors (Lipinski definition) is 4. The molecule has 1 saturated heterocycles. The zero-order valence-electron chi connectivity index (χ0n) is 11.0. The monoisotopic (exact) mass is 319 g/mol. The van der Waals surface area contributed by atoms with Crippen LogP contribution >= 0.6 is 0 Å². The van der Waals surface area contributed by atoms with E-state index in [4.69, 9.17) is 4.52 Å². The van der Waals surface area contributed by atoms with E-state index in [1.165, 1.54) is 12.1 Å². The van der Waals surface area contributed by atoms with Gasteiger partial charge in [0.1, 0.15) is 0 Å². The van der Waals surface area contributed by atoms with Crippen LogP contribution in [0.5, 0.6) is 0 Å². The summed E-state index contributed by atoms with van der Waals surface area (Å²) in [5.41, 5.74) is -0.739. The number of hydrogen-bond donors (Lipinski definition) is 1. The van der Waals surface area contributed by atoms with Crippen LogP contribution in [-0.2, 0) is 6.18 Å². The molecule has 9 heteroatoms. The lowest BCUT2D eigenvalue weighted by atomic mass is 10.1. The quantitative estimate of drug-likeness (QED) is 0.862. The highest BCUT2D eigenvalue weighted by Gasteiger charge is 2.42. The summed E-state index contributed by atoms with van der Waals surface area (Å²) >= 11 is 0. The van der Waals surface area contributed by atoms with Crippen LogP contribution < -0.4 is 5.32 Å². The van der Waals surface area contributed by atoms with Crippen molar-refractivity contribution in [1.29, 1.82) is 0 Å². The smallest absolute Gasteiger partial charge is 0.337 e. The topological polar surface area (TPSA) is 51.0 Å². The van der Waals surface area contributed by atoms with Gasteiger partial charge < -0.3 is 4.52 Å². The summed E-state index contributed by atoms with van der Waals surface area (Å²) < 4.78 is 69.1. The van der Waals surface area contributed by atoms with E-state index < -0.39 is 36.7 Å². The predicted octanol–water partition coefficient (Wildman–Crippen LogP) is 3.43. The number of aromatic nitrogens is 2. The van der Waals surface area contributed by atoms with Crippen molar-refractivity contribution in [1.82, 2.24) is 15.5 Å². The highest BCUT2D eigenvalue weighted by atomic mass is 19.4. The summed E-state index contributed by atoms with van der Waals surface area (Å²) in [7, 11) is 0. The third kappa shape index (κ3) is 2.94. The minimum absolute atomic E-state index is 0.0652. The lowest BCUT2D eigenvalue weighted by molar-refractivity contribution is -0.137. The molecular formula is C13H10F5N3O. The lowest BCUT2D eigenvalue weighted by Gasteiger charge is -2.06. The Balaban J connectivity index is 1.85. The van der Waals surface area contributed by atoms with Crippen LogP contribution in [0.2, 0.25) is 0 Å². The molecule has 1 aromatic carbocycles. The van der Waals surface area contributed by atoms with E-state index in [0.717, 1.165) is 12.1 Å². The zero-order chi connectivity index (χ0) is 16.0. The van der Waals surface area contributed by atoms with Crippen molar-refractivity contribution < 1.29 is 26.5 Å². The van der Waals surface area contributed by atoms with Gasteiger partial charge >= 0.3 is 6.18 Å². The molecule has 1 N–H and O–H groups in total. The van der Waals surface area contributed by atoms with Crippen LogP contribution in [0, 0.1) is 0 Å². The zero-order valence-corrected chi connectivity index (χ0v) is 11.0. The molecule has 0 bridgehead atoms. The second kappa shape index (κ2) is 5.01. The van der Waals surface area contributed by atoms with E-state index in [1.54, 1.807) is 0 Å². The Morgan fingerprint density at radius 3 is 2.68 bits per heavy atom. The Bertz CT molecular complexity index is 682. The van der Waals surface area contributed by atoms with Gasteiger partial charge in [0, 0.05) is 12.0 Å². The Hall–Kier alpha value is -2.03. The standard InChI is InChI=1S/C13H10F5N3O/c14-12(15)5-9(19-6-12)11-20-10(21-22-11)7-2-1-3-8(4-7)13(16,17)18/h1-4,9,19H,5-6H2. The maximum Gasteiger partial charge on any atom is 0.416 e. The van der Waals surface area contributed by atoms with Crippen molar-refractivity contribution >= 4 is 0 Å². The largest absolute Gasteiger partial charge is 0.416 e. The first-order chi connectivity index (χ1) is 10.2. The molecule has 1 aliphatic rings. The van der Waals surface area contributed by atoms with Gasteiger partial charge in [-0.1, -0.05) is 17.3 Å². The molecule has 1 aromatic heterocycles. The molecular weight excluding hydrogens is 309 g/mol. The Kier molecular flexibility index (Phi) is 3.39. The van der Waals surface area contributed by atoms with E-state index in [-0.39, 0.29) is 17.3 Å². The van der Waals surface area contributed by atoms with Crippen LogP contribution in [-0.4, -0.2) is 22.6 Å². The number of halogens is 5. The average molecular weight is 319 g/mol. The maximum atomic E-state index is 13.1. The fraction of sp³-hybridized carbons (Fsp3) is 0.385. The number of nitrogens with one attached hydrogen (secondary N) is 1. The second-order valence-electron chi connectivity index (χ2n) is 5.03. The molecule has 0 amide bonds. The van der Waals surface area contributed by atoms with Gasteiger partial charge in [0.05, 0.1) is 18.2 Å². The molecule has 1 aliphatic heterocycles. The summed E-state index contributed by atoms with van der Waals surface area (Å²) in [4.78, 5) is 3.91. The maximum absolute atomic E-state index is 13.1. The minimum atomic E-state index is -4.49. The van der Waals surface area contributed by atoms with E-state index in [9.17, 15) is 22.0 Å². The van der Waals surface area contributed by atoms with Crippen molar-refractivity contribution in [2.24, 2.45) is 0 Å². The summed E-state index contributed by atoms with van der Waals surface area (Å²) in [6, 6.07) is 3.60. The molecule has 2 heterocycles. The van der Waals surface area contributed by atoms with Crippen LogP contribution in [0.15, 0.2) is 28.8 Å². The van der Waals surface area contributed by atoms with E-state index in [1.807, 2.05) is 0 Å². The first kappa shape index (κ1) is 14.9. The van der Waals surface area contributed by atoms with E-state index >= 15 is 0 Å². The van der Waals surface area contributed by atoms with Gasteiger partial charge in [0.25, 0.3) is 5.92 Å². The molecule has 0 spiro atoms. The predicted molar refractivity (Wildman–Crippen MR) is 65.0 cm³/mol. The number of alkyl halides is 5. The Morgan fingerprint density at radius 1 is 1.27 bits per heavy atom. The van der Waals surface area contributed by atoms with Crippen molar-refractivity contribution in [2.75, 3.05) is 6.54 Å². The molecule has 0 aliphatic carbocycles. The number of rotatable bonds is 2.